The summed E-state index contributed by atoms with van der Waals surface area (Å²) >= 11 is 0. The predicted molar refractivity (Wildman–Crippen MR) is 30.9 cm³/mol. The van der Waals surface area contributed by atoms with E-state index in [0.717, 1.165) is 0 Å². The molecule has 2 N–H and O–H groups in total. The van der Waals surface area contributed by atoms with Crippen LogP contribution in [0.1, 0.15) is 0 Å². The molecule has 0 atom stereocenters. The van der Waals surface area contributed by atoms with E-state index in [1.54, 1.807) is 0 Å². The fourth-order valence-electron chi connectivity index (χ4n) is 0.213. The Kier molecular flexibility index (Phi) is 3.69. The molecule has 0 aliphatic heterocycles. The van der Waals surface area contributed by atoms with Crippen LogP contribution in [0.2, 0.25) is 0 Å². The smallest absolute Gasteiger partial charge is 0.301 e. The lowest BCUT2D eigenvalue weighted by atomic mass is 10.8. The molecule has 0 radical (unpaired) electrons. The summed E-state index contributed by atoms with van der Waals surface area (Å²) in [7, 11) is -5.37. The zero-order valence-corrected chi connectivity index (χ0v) is 6.20. The lowest BCUT2D eigenvalue weighted by Crippen LogP contribution is -2.23. The van der Waals surface area contributed by atoms with Crippen molar-refractivity contribution in [3.05, 3.63) is 0 Å². The van der Waals surface area contributed by atoms with Gasteiger partial charge in [-0.3, -0.25) is 4.18 Å². The highest BCUT2D eigenvalue weighted by molar-refractivity contribution is 8.20. The maximum atomic E-state index is 11.5. The van der Waals surface area contributed by atoms with Gasteiger partial charge in [-0.15, -0.1) is 0 Å². The standard InChI is InChI=1S/C3H5F5O3S/c4-2(5)1-11-12(9,10)3(6,7)8/h2,9-10H,1H2. The first-order valence-corrected chi connectivity index (χ1v) is 3.91. The third-order valence-electron chi connectivity index (χ3n) is 0.660. The molecule has 0 saturated heterocycles. The second-order valence-corrected chi connectivity index (χ2v) is 3.31. The molecule has 0 amide bonds. The summed E-state index contributed by atoms with van der Waals surface area (Å²) in [5.74, 6) is 0. The van der Waals surface area contributed by atoms with Crippen LogP contribution in [0.3, 0.4) is 0 Å². The first-order chi connectivity index (χ1) is 5.17. The van der Waals surface area contributed by atoms with Gasteiger partial charge in [0, 0.05) is 0 Å². The van der Waals surface area contributed by atoms with E-state index in [0.29, 0.717) is 0 Å². The molecule has 76 valence electrons. The number of alkyl halides is 5. The molecule has 0 rings (SSSR count). The third kappa shape index (κ3) is 3.52. The van der Waals surface area contributed by atoms with Gasteiger partial charge < -0.3 is 9.11 Å². The van der Waals surface area contributed by atoms with Gasteiger partial charge in [-0.25, -0.2) is 8.78 Å². The van der Waals surface area contributed by atoms with Gasteiger partial charge in [0.05, 0.1) is 0 Å². The van der Waals surface area contributed by atoms with E-state index in [-0.39, 0.29) is 0 Å². The average Bonchev–Trinajstić information content (AvgIpc) is 1.81. The maximum absolute atomic E-state index is 11.5. The van der Waals surface area contributed by atoms with Crippen LogP contribution in [-0.4, -0.2) is 27.6 Å². The van der Waals surface area contributed by atoms with E-state index >= 15 is 0 Å². The molecule has 0 aromatic rings. The van der Waals surface area contributed by atoms with Crippen molar-refractivity contribution in [2.24, 2.45) is 0 Å². The normalized spacial score (nSPS) is 15.3. The van der Waals surface area contributed by atoms with Crippen LogP contribution < -0.4 is 0 Å². The van der Waals surface area contributed by atoms with Crippen LogP contribution in [0.5, 0.6) is 0 Å². The summed E-state index contributed by atoms with van der Waals surface area (Å²) in [5, 5.41) is 0. The summed E-state index contributed by atoms with van der Waals surface area (Å²) < 4.78 is 76.1. The predicted octanol–water partition coefficient (Wildman–Crippen LogP) is 2.45. The summed E-state index contributed by atoms with van der Waals surface area (Å²) in [4.78, 5) is 0. The highest BCUT2D eigenvalue weighted by Gasteiger charge is 2.50. The highest BCUT2D eigenvalue weighted by atomic mass is 32.3. The number of hydrogen-bond acceptors (Lipinski definition) is 3. The molecule has 0 aliphatic rings. The van der Waals surface area contributed by atoms with Gasteiger partial charge in [-0.1, -0.05) is 0 Å². The Labute approximate surface area is 65.7 Å². The first-order valence-electron chi connectivity index (χ1n) is 2.44. The zero-order chi connectivity index (χ0) is 9.99. The van der Waals surface area contributed by atoms with Crippen molar-refractivity contribution >= 4 is 10.9 Å². The monoisotopic (exact) mass is 216 g/mol. The van der Waals surface area contributed by atoms with Gasteiger partial charge in [0.1, 0.15) is 6.61 Å². The van der Waals surface area contributed by atoms with Crippen LogP contribution in [0.15, 0.2) is 0 Å². The van der Waals surface area contributed by atoms with E-state index in [1.807, 2.05) is 0 Å². The molecule has 0 aliphatic carbocycles. The van der Waals surface area contributed by atoms with Crippen molar-refractivity contribution in [2.45, 2.75) is 11.9 Å². The minimum atomic E-state index is -5.43. The van der Waals surface area contributed by atoms with E-state index in [1.165, 1.54) is 0 Å². The maximum Gasteiger partial charge on any atom is 0.493 e. The van der Waals surface area contributed by atoms with Crippen LogP contribution in [0.25, 0.3) is 0 Å². The Bertz CT molecular complexity index is 145. The number of hydrogen-bond donors (Lipinski definition) is 2. The molecule has 0 fully saturated rings. The molecule has 0 aromatic carbocycles. The second kappa shape index (κ2) is 3.73. The van der Waals surface area contributed by atoms with Crippen LogP contribution in [0.4, 0.5) is 22.0 Å². The van der Waals surface area contributed by atoms with Crippen LogP contribution >= 0.6 is 10.9 Å². The van der Waals surface area contributed by atoms with Gasteiger partial charge in [-0.2, -0.15) is 13.2 Å². The van der Waals surface area contributed by atoms with Crippen molar-refractivity contribution in [1.29, 1.82) is 0 Å². The van der Waals surface area contributed by atoms with Crippen molar-refractivity contribution in [1.82, 2.24) is 0 Å². The molecular weight excluding hydrogens is 211 g/mol. The Morgan fingerprint density at radius 3 is 1.92 bits per heavy atom. The largest absolute Gasteiger partial charge is 0.493 e. The molecular formula is C3H5F5O3S. The molecule has 0 aromatic heterocycles. The molecule has 0 bridgehead atoms. The summed E-state index contributed by atoms with van der Waals surface area (Å²) in [6, 6.07) is 0. The van der Waals surface area contributed by atoms with Crippen molar-refractivity contribution < 1.29 is 35.2 Å². The van der Waals surface area contributed by atoms with Crippen LogP contribution in [0, 0.1) is 0 Å². The topological polar surface area (TPSA) is 49.7 Å². The summed E-state index contributed by atoms with van der Waals surface area (Å²) in [5.41, 5.74) is -5.43. The Morgan fingerprint density at radius 1 is 1.25 bits per heavy atom. The van der Waals surface area contributed by atoms with Crippen molar-refractivity contribution in [2.75, 3.05) is 6.61 Å². The quantitative estimate of drug-likeness (QED) is 0.712. The molecule has 0 unspecified atom stereocenters. The van der Waals surface area contributed by atoms with Gasteiger partial charge in [0.2, 0.25) is 0 Å². The number of rotatable bonds is 3. The average molecular weight is 216 g/mol. The highest BCUT2D eigenvalue weighted by Crippen LogP contribution is 2.56. The second-order valence-electron chi connectivity index (χ2n) is 1.62. The van der Waals surface area contributed by atoms with Gasteiger partial charge in [-0.05, 0) is 0 Å². The van der Waals surface area contributed by atoms with Gasteiger partial charge >= 0.3 is 5.51 Å². The van der Waals surface area contributed by atoms with E-state index in [9.17, 15) is 22.0 Å². The lowest BCUT2D eigenvalue weighted by Gasteiger charge is -2.27. The minimum Gasteiger partial charge on any atom is -0.301 e. The Hall–Kier alpha value is -0.120. The molecule has 12 heavy (non-hydrogen) atoms. The summed E-state index contributed by atoms with van der Waals surface area (Å²) in [6.45, 7) is -1.66. The molecule has 0 saturated carbocycles. The first kappa shape index (κ1) is 11.9. The fraction of sp³-hybridized carbons (Fsp3) is 1.00. The Morgan fingerprint density at radius 2 is 1.67 bits per heavy atom. The SMILES string of the molecule is OS(O)(OCC(F)F)C(F)(F)F. The van der Waals surface area contributed by atoms with E-state index in [2.05, 4.69) is 4.18 Å². The van der Waals surface area contributed by atoms with Gasteiger partial charge in [0.15, 0.2) is 10.9 Å². The molecule has 3 nitrogen and oxygen atoms in total. The van der Waals surface area contributed by atoms with Gasteiger partial charge in [0.25, 0.3) is 6.43 Å². The fourth-order valence-corrected chi connectivity index (χ4v) is 0.639. The van der Waals surface area contributed by atoms with Crippen molar-refractivity contribution in [3.8, 4) is 0 Å². The third-order valence-corrected chi connectivity index (χ3v) is 1.73. The van der Waals surface area contributed by atoms with E-state index in [4.69, 9.17) is 9.11 Å². The van der Waals surface area contributed by atoms with Crippen LogP contribution in [-0.2, 0) is 4.18 Å². The van der Waals surface area contributed by atoms with E-state index < -0.39 is 29.4 Å². The molecule has 9 heteroatoms. The zero-order valence-electron chi connectivity index (χ0n) is 5.39. The number of halogens is 5. The van der Waals surface area contributed by atoms with Crippen molar-refractivity contribution in [3.63, 3.8) is 0 Å². The lowest BCUT2D eigenvalue weighted by molar-refractivity contribution is -0.0705. The molecule has 0 spiro atoms. The molecule has 0 heterocycles. The Balaban J connectivity index is 4.05. The summed E-state index contributed by atoms with van der Waals surface area (Å²) in [6.07, 6.45) is -3.18. The minimum absolute atomic E-state index is 1.66.